The first-order valence-corrected chi connectivity index (χ1v) is 12.2. The van der Waals surface area contributed by atoms with Gasteiger partial charge in [0, 0.05) is 23.7 Å². The van der Waals surface area contributed by atoms with Crippen molar-refractivity contribution in [2.24, 2.45) is 0 Å². The Morgan fingerprint density at radius 1 is 1.20 bits per heavy atom. The summed E-state index contributed by atoms with van der Waals surface area (Å²) >= 11 is 0. The summed E-state index contributed by atoms with van der Waals surface area (Å²) in [6.45, 7) is 3.92. The van der Waals surface area contributed by atoms with Gasteiger partial charge >= 0.3 is 7.60 Å². The Labute approximate surface area is 175 Å². The number of hydrogen-bond donors (Lipinski definition) is 4. The number of benzene rings is 1. The maximum absolute atomic E-state index is 14.9. The second-order valence-electron chi connectivity index (χ2n) is 8.08. The Balaban J connectivity index is 2.20. The van der Waals surface area contributed by atoms with Crippen LogP contribution in [0.4, 0.5) is 10.1 Å². The largest absolute Gasteiger partial charge is 0.380 e. The van der Waals surface area contributed by atoms with Crippen LogP contribution in [0, 0.1) is 5.82 Å². The summed E-state index contributed by atoms with van der Waals surface area (Å²) in [6.07, 6.45) is 8.00. The van der Waals surface area contributed by atoms with E-state index >= 15 is 0 Å². The molecule has 1 fully saturated rings. The van der Waals surface area contributed by atoms with Gasteiger partial charge in [0.05, 0.1) is 16.8 Å². The fourth-order valence-corrected chi connectivity index (χ4v) is 4.86. The quantitative estimate of drug-likeness (QED) is 0.475. The van der Waals surface area contributed by atoms with Crippen LogP contribution >= 0.6 is 7.60 Å². The molecule has 1 aliphatic rings. The van der Waals surface area contributed by atoms with Gasteiger partial charge in [-0.05, 0) is 37.8 Å². The molecular formula is C21H30FN2O5P. The number of fused-ring (bicyclic) bond motifs is 1. The van der Waals surface area contributed by atoms with Crippen molar-refractivity contribution < 1.29 is 23.8 Å². The van der Waals surface area contributed by atoms with Crippen molar-refractivity contribution in [1.82, 2.24) is 4.57 Å². The van der Waals surface area contributed by atoms with Gasteiger partial charge in [0.15, 0.2) is 11.3 Å². The van der Waals surface area contributed by atoms with Crippen molar-refractivity contribution in [2.45, 2.75) is 76.7 Å². The van der Waals surface area contributed by atoms with Gasteiger partial charge in [-0.15, -0.1) is 0 Å². The maximum atomic E-state index is 14.9. The van der Waals surface area contributed by atoms with E-state index in [4.69, 9.17) is 0 Å². The zero-order chi connectivity index (χ0) is 22.1. The average molecular weight is 440 g/mol. The van der Waals surface area contributed by atoms with Crippen molar-refractivity contribution in [2.75, 3.05) is 5.32 Å². The molecule has 0 spiro atoms. The molecule has 1 aromatic heterocycles. The lowest BCUT2D eigenvalue weighted by Crippen LogP contribution is -2.24. The van der Waals surface area contributed by atoms with Crippen LogP contribution in [0.2, 0.25) is 0 Å². The van der Waals surface area contributed by atoms with E-state index in [2.05, 4.69) is 5.32 Å². The molecule has 4 N–H and O–H groups in total. The summed E-state index contributed by atoms with van der Waals surface area (Å²) in [5, 5.41) is 13.4. The van der Waals surface area contributed by atoms with E-state index in [1.165, 1.54) is 12.6 Å². The molecule has 1 saturated carbocycles. The molecular weight excluding hydrogens is 410 g/mol. The van der Waals surface area contributed by atoms with E-state index in [1.54, 1.807) is 10.6 Å². The lowest BCUT2D eigenvalue weighted by atomic mass is 9.95. The Kier molecular flexibility index (Phi) is 7.02. The molecule has 1 aliphatic carbocycles. The molecule has 30 heavy (non-hydrogen) atoms. The number of aromatic nitrogens is 1. The first-order chi connectivity index (χ1) is 14.2. The van der Waals surface area contributed by atoms with Gasteiger partial charge in [-0.3, -0.25) is 9.36 Å². The summed E-state index contributed by atoms with van der Waals surface area (Å²) in [5.41, 5.74) is -0.395. The molecule has 0 bridgehead atoms. The van der Waals surface area contributed by atoms with Gasteiger partial charge in [-0.1, -0.05) is 33.1 Å². The minimum absolute atomic E-state index is 0.00130. The van der Waals surface area contributed by atoms with Gasteiger partial charge in [0.1, 0.15) is 5.82 Å². The number of aliphatic hydroxyl groups is 1. The highest BCUT2D eigenvalue weighted by atomic mass is 31.2. The van der Waals surface area contributed by atoms with Crippen LogP contribution in [-0.4, -0.2) is 25.5 Å². The second-order valence-corrected chi connectivity index (χ2v) is 9.75. The van der Waals surface area contributed by atoms with Crippen LogP contribution < -0.4 is 10.7 Å². The highest BCUT2D eigenvalue weighted by Gasteiger charge is 2.32. The van der Waals surface area contributed by atoms with E-state index in [1.807, 2.05) is 13.8 Å². The lowest BCUT2D eigenvalue weighted by Gasteiger charge is -2.26. The van der Waals surface area contributed by atoms with Crippen molar-refractivity contribution in [3.63, 3.8) is 0 Å². The Bertz CT molecular complexity index is 1010. The number of anilines is 1. The van der Waals surface area contributed by atoms with Crippen LogP contribution in [0.3, 0.4) is 0 Å². The van der Waals surface area contributed by atoms with Crippen LogP contribution in [0.5, 0.6) is 0 Å². The van der Waals surface area contributed by atoms with Gasteiger partial charge in [0.25, 0.3) is 0 Å². The topological polar surface area (TPSA) is 112 Å². The molecule has 1 atom stereocenters. The number of rotatable bonds is 7. The molecule has 0 radical (unpaired) electrons. The summed E-state index contributed by atoms with van der Waals surface area (Å²) in [5.74, 6) is -2.85. The van der Waals surface area contributed by atoms with E-state index in [0.717, 1.165) is 31.7 Å². The van der Waals surface area contributed by atoms with Gasteiger partial charge in [0.2, 0.25) is 0 Å². The third-order valence-electron chi connectivity index (χ3n) is 6.05. The van der Waals surface area contributed by atoms with Crippen LogP contribution in [0.15, 0.2) is 23.1 Å². The van der Waals surface area contributed by atoms with Crippen molar-refractivity contribution in [1.29, 1.82) is 0 Å². The summed E-state index contributed by atoms with van der Waals surface area (Å²) < 4.78 is 28.2. The van der Waals surface area contributed by atoms with Crippen molar-refractivity contribution in [3.05, 3.63) is 39.9 Å². The molecule has 1 heterocycles. The summed E-state index contributed by atoms with van der Waals surface area (Å²) in [4.78, 5) is 31.7. The lowest BCUT2D eigenvalue weighted by molar-refractivity contribution is 0.204. The van der Waals surface area contributed by atoms with Gasteiger partial charge < -0.3 is 24.8 Å². The van der Waals surface area contributed by atoms with E-state index < -0.39 is 30.3 Å². The number of aliphatic hydroxyl groups excluding tert-OH is 1. The highest BCUT2D eigenvalue weighted by molar-refractivity contribution is 7.51. The predicted octanol–water partition coefficient (Wildman–Crippen LogP) is 4.41. The molecule has 3 rings (SSSR count). The number of hydrogen-bond acceptors (Lipinski definition) is 4. The zero-order valence-electron chi connectivity index (χ0n) is 17.3. The molecule has 0 amide bonds. The maximum Gasteiger partial charge on any atom is 0.358 e. The molecule has 1 aromatic carbocycles. The average Bonchev–Trinajstić information content (AvgIpc) is 2.71. The van der Waals surface area contributed by atoms with Crippen LogP contribution in [0.25, 0.3) is 10.9 Å². The Hall–Kier alpha value is -1.73. The van der Waals surface area contributed by atoms with Crippen LogP contribution in [0.1, 0.15) is 76.2 Å². The smallest absolute Gasteiger partial charge is 0.358 e. The number of nitrogens with zero attached hydrogens (tertiary/aromatic N) is 1. The number of halogens is 1. The third-order valence-corrected chi connectivity index (χ3v) is 6.96. The fourth-order valence-electron chi connectivity index (χ4n) is 4.32. The Morgan fingerprint density at radius 2 is 1.83 bits per heavy atom. The molecule has 7 nitrogen and oxygen atoms in total. The zero-order valence-corrected chi connectivity index (χ0v) is 18.2. The second kappa shape index (κ2) is 9.18. The minimum Gasteiger partial charge on any atom is -0.380 e. The monoisotopic (exact) mass is 440 g/mol. The minimum atomic E-state index is -4.96. The summed E-state index contributed by atoms with van der Waals surface area (Å²) in [6, 6.07) is 2.81. The third kappa shape index (κ3) is 4.62. The normalized spacial score (nSPS) is 16.9. The van der Waals surface area contributed by atoms with Gasteiger partial charge in [-0.25, -0.2) is 4.39 Å². The number of nitrogens with one attached hydrogen (secondary N) is 1. The number of pyridine rings is 1. The van der Waals surface area contributed by atoms with E-state index in [0.29, 0.717) is 24.0 Å². The first-order valence-electron chi connectivity index (χ1n) is 10.6. The van der Waals surface area contributed by atoms with E-state index in [-0.39, 0.29) is 17.5 Å². The van der Waals surface area contributed by atoms with Crippen molar-refractivity contribution in [3.8, 4) is 0 Å². The molecule has 2 aromatic rings. The van der Waals surface area contributed by atoms with Crippen molar-refractivity contribution >= 4 is 24.2 Å². The van der Waals surface area contributed by atoms with Crippen LogP contribution in [-0.2, 0) is 4.57 Å². The molecule has 166 valence electrons. The molecule has 1 unspecified atom stereocenters. The highest BCUT2D eigenvalue weighted by Crippen LogP contribution is 2.49. The molecule has 0 saturated heterocycles. The fraction of sp³-hybridized carbons (Fsp3) is 0.571. The molecule has 0 aliphatic heterocycles. The summed E-state index contributed by atoms with van der Waals surface area (Å²) in [7, 11) is -4.96. The molecule has 9 heteroatoms. The first kappa shape index (κ1) is 22.9. The van der Waals surface area contributed by atoms with E-state index in [9.17, 15) is 28.6 Å². The standard InChI is InChI=1S/C21H30FN2O5P/c1-3-14(4-2)24-12-16(21(26)30(27,28)29)20(25)15-10-17(22)18(11-19(15)24)23-13-8-6-5-7-9-13/h10-14,21,23,26H,3-9H2,1-2H3,(H2,27,28,29). The predicted molar refractivity (Wildman–Crippen MR) is 115 cm³/mol. The van der Waals surface area contributed by atoms with Gasteiger partial charge in [-0.2, -0.15) is 0 Å². The SMILES string of the molecule is CCC(CC)n1cc(C(O)P(=O)(O)O)c(=O)c2cc(F)c(NC3CCCCC3)cc21. The Morgan fingerprint density at radius 3 is 2.40 bits per heavy atom.